The topological polar surface area (TPSA) is 37.9 Å². The highest BCUT2D eigenvalue weighted by atomic mass is 79.9. The summed E-state index contributed by atoms with van der Waals surface area (Å²) in [6.45, 7) is 1.70. The van der Waals surface area contributed by atoms with Crippen molar-refractivity contribution in [3.05, 3.63) is 28.5 Å². The van der Waals surface area contributed by atoms with Crippen molar-refractivity contribution in [2.45, 2.75) is 18.8 Å². The van der Waals surface area contributed by atoms with Gasteiger partial charge in [-0.2, -0.15) is 0 Å². The smallest absolute Gasteiger partial charge is 0.110 e. The van der Waals surface area contributed by atoms with Gasteiger partial charge >= 0.3 is 0 Å². The van der Waals surface area contributed by atoms with Crippen molar-refractivity contribution in [1.29, 1.82) is 0 Å². The Kier molecular flexibility index (Phi) is 2.69. The molecular formula is C12H13BrN2O. The lowest BCUT2D eigenvalue weighted by Crippen LogP contribution is -2.15. The summed E-state index contributed by atoms with van der Waals surface area (Å²) in [7, 11) is 0. The van der Waals surface area contributed by atoms with Crippen LogP contribution in [0, 0.1) is 0 Å². The Balaban J connectivity index is 2.01. The Hall–Kier alpha value is -0.870. The zero-order valence-corrected chi connectivity index (χ0v) is 10.5. The highest BCUT2D eigenvalue weighted by Gasteiger charge is 2.19. The van der Waals surface area contributed by atoms with Crippen molar-refractivity contribution in [1.82, 2.24) is 9.97 Å². The van der Waals surface area contributed by atoms with Gasteiger partial charge in [-0.1, -0.05) is 6.07 Å². The quantitative estimate of drug-likeness (QED) is 0.871. The Bertz CT molecular complexity index is 503. The molecule has 0 amide bonds. The largest absolute Gasteiger partial charge is 0.381 e. The van der Waals surface area contributed by atoms with Crippen LogP contribution < -0.4 is 0 Å². The molecule has 1 aliphatic rings. The fraction of sp³-hybridized carbons (Fsp3) is 0.417. The Labute approximate surface area is 102 Å². The number of nitrogens with zero attached hydrogens (tertiary/aromatic N) is 1. The second-order valence-electron chi connectivity index (χ2n) is 4.14. The maximum atomic E-state index is 5.37. The van der Waals surface area contributed by atoms with E-state index in [9.17, 15) is 0 Å². The van der Waals surface area contributed by atoms with Gasteiger partial charge in [0.25, 0.3) is 0 Å². The summed E-state index contributed by atoms with van der Waals surface area (Å²) < 4.78 is 6.42. The van der Waals surface area contributed by atoms with Crippen molar-refractivity contribution in [3.63, 3.8) is 0 Å². The normalized spacial score (nSPS) is 18.1. The van der Waals surface area contributed by atoms with Crippen LogP contribution in [0.5, 0.6) is 0 Å². The lowest BCUT2D eigenvalue weighted by Gasteiger charge is -2.19. The third-order valence-electron chi connectivity index (χ3n) is 3.09. The van der Waals surface area contributed by atoms with E-state index in [0.29, 0.717) is 5.92 Å². The maximum absolute atomic E-state index is 5.37. The molecule has 1 aliphatic heterocycles. The second kappa shape index (κ2) is 4.18. The zero-order valence-electron chi connectivity index (χ0n) is 8.87. The van der Waals surface area contributed by atoms with Gasteiger partial charge in [-0.15, -0.1) is 0 Å². The van der Waals surface area contributed by atoms with Crippen molar-refractivity contribution < 1.29 is 4.74 Å². The summed E-state index contributed by atoms with van der Waals surface area (Å²) in [4.78, 5) is 8.09. The number of nitrogens with one attached hydrogen (secondary N) is 1. The molecule has 0 spiro atoms. The van der Waals surface area contributed by atoms with Gasteiger partial charge in [-0.25, -0.2) is 4.98 Å². The fourth-order valence-electron chi connectivity index (χ4n) is 2.18. The van der Waals surface area contributed by atoms with Gasteiger partial charge in [0.2, 0.25) is 0 Å². The molecular weight excluding hydrogens is 268 g/mol. The minimum atomic E-state index is 0.521. The first-order valence-electron chi connectivity index (χ1n) is 5.56. The van der Waals surface area contributed by atoms with Crippen molar-refractivity contribution in [2.24, 2.45) is 0 Å². The molecule has 1 N–H and O–H groups in total. The Morgan fingerprint density at radius 2 is 2.12 bits per heavy atom. The summed E-state index contributed by atoms with van der Waals surface area (Å²) in [5, 5.41) is 0. The van der Waals surface area contributed by atoms with Crippen LogP contribution >= 0.6 is 15.9 Å². The molecule has 1 aromatic carbocycles. The minimum Gasteiger partial charge on any atom is -0.381 e. The molecule has 84 valence electrons. The molecule has 0 saturated carbocycles. The molecule has 1 saturated heterocycles. The number of fused-ring (bicyclic) bond motifs is 1. The number of ether oxygens (including phenoxy) is 1. The Morgan fingerprint density at radius 3 is 2.88 bits per heavy atom. The van der Waals surface area contributed by atoms with E-state index in [0.717, 1.165) is 47.4 Å². The average Bonchev–Trinajstić information content (AvgIpc) is 2.76. The summed E-state index contributed by atoms with van der Waals surface area (Å²) in [5.41, 5.74) is 2.14. The van der Waals surface area contributed by atoms with Crippen LogP contribution in [0.25, 0.3) is 11.0 Å². The van der Waals surface area contributed by atoms with Crippen molar-refractivity contribution in [2.75, 3.05) is 13.2 Å². The average molecular weight is 281 g/mol. The summed E-state index contributed by atoms with van der Waals surface area (Å²) in [6, 6.07) is 6.12. The van der Waals surface area contributed by atoms with E-state index in [1.54, 1.807) is 0 Å². The number of hydrogen-bond acceptors (Lipinski definition) is 2. The molecule has 2 heterocycles. The molecule has 0 radical (unpaired) electrons. The second-order valence-corrected chi connectivity index (χ2v) is 5.00. The summed E-state index contributed by atoms with van der Waals surface area (Å²) in [6.07, 6.45) is 2.13. The first-order valence-corrected chi connectivity index (χ1v) is 6.36. The molecule has 0 bridgehead atoms. The predicted molar refractivity (Wildman–Crippen MR) is 66.6 cm³/mol. The number of H-pyrrole nitrogens is 1. The zero-order chi connectivity index (χ0) is 11.0. The number of aromatic nitrogens is 2. The van der Waals surface area contributed by atoms with Crippen LogP contribution in [-0.4, -0.2) is 23.2 Å². The van der Waals surface area contributed by atoms with E-state index in [1.807, 2.05) is 12.1 Å². The van der Waals surface area contributed by atoms with Gasteiger partial charge < -0.3 is 9.72 Å². The van der Waals surface area contributed by atoms with Gasteiger partial charge in [0.1, 0.15) is 11.3 Å². The number of imidazole rings is 1. The van der Waals surface area contributed by atoms with Gasteiger partial charge in [-0.05, 0) is 40.9 Å². The van der Waals surface area contributed by atoms with E-state index in [-0.39, 0.29) is 0 Å². The number of halogens is 1. The minimum absolute atomic E-state index is 0.521. The molecule has 3 nitrogen and oxygen atoms in total. The third-order valence-corrected chi connectivity index (χ3v) is 3.73. The van der Waals surface area contributed by atoms with Crippen molar-refractivity contribution >= 4 is 27.0 Å². The van der Waals surface area contributed by atoms with Crippen LogP contribution in [0.15, 0.2) is 22.7 Å². The van der Waals surface area contributed by atoms with Crippen LogP contribution in [0.4, 0.5) is 0 Å². The molecule has 4 heteroatoms. The number of aromatic amines is 1. The van der Waals surface area contributed by atoms with Crippen LogP contribution in [0.1, 0.15) is 24.6 Å². The highest BCUT2D eigenvalue weighted by molar-refractivity contribution is 9.10. The maximum Gasteiger partial charge on any atom is 0.110 e. The summed E-state index contributed by atoms with van der Waals surface area (Å²) in [5.74, 6) is 1.62. The lowest BCUT2D eigenvalue weighted by atomic mass is 10.00. The molecule has 1 fully saturated rings. The van der Waals surface area contributed by atoms with Gasteiger partial charge in [0, 0.05) is 23.6 Å². The lowest BCUT2D eigenvalue weighted by molar-refractivity contribution is 0.0838. The SMILES string of the molecule is Brc1cccc2[nH]c(C3CCOCC3)nc12. The fourth-order valence-corrected chi connectivity index (χ4v) is 2.64. The van der Waals surface area contributed by atoms with E-state index >= 15 is 0 Å². The van der Waals surface area contributed by atoms with Crippen molar-refractivity contribution in [3.8, 4) is 0 Å². The van der Waals surface area contributed by atoms with Gasteiger partial charge in [0.05, 0.1) is 5.52 Å². The van der Waals surface area contributed by atoms with Gasteiger partial charge in [-0.3, -0.25) is 0 Å². The van der Waals surface area contributed by atoms with E-state index in [2.05, 4.69) is 32.0 Å². The van der Waals surface area contributed by atoms with Gasteiger partial charge in [0.15, 0.2) is 0 Å². The molecule has 2 aromatic rings. The standard InChI is InChI=1S/C12H13BrN2O/c13-9-2-1-3-10-11(9)15-12(14-10)8-4-6-16-7-5-8/h1-3,8H,4-7H2,(H,14,15). The van der Waals surface area contributed by atoms with Crippen LogP contribution in [0.2, 0.25) is 0 Å². The molecule has 1 aromatic heterocycles. The first kappa shape index (κ1) is 10.3. The monoisotopic (exact) mass is 280 g/mol. The van der Waals surface area contributed by atoms with E-state index in [1.165, 1.54) is 0 Å². The number of para-hydroxylation sites is 1. The Morgan fingerprint density at radius 1 is 1.31 bits per heavy atom. The van der Waals surface area contributed by atoms with E-state index in [4.69, 9.17) is 4.74 Å². The van der Waals surface area contributed by atoms with Crippen LogP contribution in [0.3, 0.4) is 0 Å². The molecule has 0 atom stereocenters. The first-order chi connectivity index (χ1) is 7.84. The molecule has 3 rings (SSSR count). The number of hydrogen-bond donors (Lipinski definition) is 1. The number of rotatable bonds is 1. The highest BCUT2D eigenvalue weighted by Crippen LogP contribution is 2.28. The summed E-state index contributed by atoms with van der Waals surface area (Å²) >= 11 is 3.53. The molecule has 16 heavy (non-hydrogen) atoms. The van der Waals surface area contributed by atoms with Crippen LogP contribution in [-0.2, 0) is 4.74 Å². The number of benzene rings is 1. The van der Waals surface area contributed by atoms with E-state index < -0.39 is 0 Å². The molecule has 0 unspecified atom stereocenters. The third kappa shape index (κ3) is 1.76. The predicted octanol–water partition coefficient (Wildman–Crippen LogP) is 3.22. The molecule has 0 aliphatic carbocycles.